The molecule has 0 radical (unpaired) electrons. The molecule has 0 atom stereocenters. The van der Waals surface area contributed by atoms with Crippen LogP contribution in [0.3, 0.4) is 0 Å². The average molecular weight is 337 g/mol. The number of hydrogen-bond donors (Lipinski definition) is 2. The van der Waals surface area contributed by atoms with E-state index >= 15 is 0 Å². The van der Waals surface area contributed by atoms with Gasteiger partial charge in [0.1, 0.15) is 0 Å². The summed E-state index contributed by atoms with van der Waals surface area (Å²) < 4.78 is 0. The van der Waals surface area contributed by atoms with Crippen LogP contribution >= 0.6 is 0 Å². The largest absolute Gasteiger partial charge is 0.349 e. The summed E-state index contributed by atoms with van der Waals surface area (Å²) in [6, 6.07) is 14.5. The van der Waals surface area contributed by atoms with E-state index in [-0.39, 0.29) is 11.9 Å². The van der Waals surface area contributed by atoms with Crippen molar-refractivity contribution in [3.63, 3.8) is 0 Å². The van der Waals surface area contributed by atoms with Gasteiger partial charge in [0.15, 0.2) is 0 Å². The first-order chi connectivity index (χ1) is 12.0. The Balaban J connectivity index is 1.94. The molecular formula is C20H23N3O2. The minimum Gasteiger partial charge on any atom is -0.349 e. The molecule has 0 saturated carbocycles. The van der Waals surface area contributed by atoms with Crippen LogP contribution in [-0.2, 0) is 6.54 Å². The van der Waals surface area contributed by atoms with Crippen molar-refractivity contribution in [2.24, 2.45) is 0 Å². The van der Waals surface area contributed by atoms with Crippen LogP contribution < -0.4 is 10.6 Å². The number of urea groups is 1. The molecule has 0 aliphatic carbocycles. The maximum Gasteiger partial charge on any atom is 0.321 e. The Bertz CT molecular complexity index is 754. The minimum absolute atomic E-state index is 0.172. The number of anilines is 1. The van der Waals surface area contributed by atoms with Crippen LogP contribution in [0.4, 0.5) is 10.5 Å². The highest BCUT2D eigenvalue weighted by Crippen LogP contribution is 2.13. The van der Waals surface area contributed by atoms with Gasteiger partial charge in [-0.3, -0.25) is 4.79 Å². The quantitative estimate of drug-likeness (QED) is 0.792. The lowest BCUT2D eigenvalue weighted by Crippen LogP contribution is -2.31. The standard InChI is InChI=1S/C20H23N3O2/c1-4-13-21-19(24)16-9-11-18(12-10-16)22-20(25)23(3)14-17-8-6-5-7-15(17)2/h4-12H,1,13-14H2,2-3H3,(H,21,24)(H,22,25). The number of carbonyl (C=O) groups is 2. The lowest BCUT2D eigenvalue weighted by molar-refractivity contribution is 0.0958. The number of nitrogens with zero attached hydrogens (tertiary/aromatic N) is 1. The molecule has 0 aliphatic heterocycles. The van der Waals surface area contributed by atoms with E-state index in [1.165, 1.54) is 0 Å². The van der Waals surface area contributed by atoms with Crippen LogP contribution in [0.15, 0.2) is 61.2 Å². The van der Waals surface area contributed by atoms with Crippen LogP contribution in [0, 0.1) is 6.92 Å². The average Bonchev–Trinajstić information content (AvgIpc) is 2.62. The molecule has 5 nitrogen and oxygen atoms in total. The topological polar surface area (TPSA) is 61.4 Å². The zero-order valence-corrected chi connectivity index (χ0v) is 14.6. The molecule has 2 aromatic carbocycles. The highest BCUT2D eigenvalue weighted by Gasteiger charge is 2.11. The highest BCUT2D eigenvalue weighted by molar-refractivity contribution is 5.95. The van der Waals surface area contributed by atoms with Crippen molar-refractivity contribution in [2.45, 2.75) is 13.5 Å². The Morgan fingerprint density at radius 1 is 1.12 bits per heavy atom. The summed E-state index contributed by atoms with van der Waals surface area (Å²) in [6.45, 7) is 6.53. The van der Waals surface area contributed by atoms with Crippen LogP contribution in [-0.4, -0.2) is 30.4 Å². The third kappa shape index (κ3) is 5.21. The van der Waals surface area contributed by atoms with Crippen LogP contribution in [0.2, 0.25) is 0 Å². The van der Waals surface area contributed by atoms with Gasteiger partial charge in [0.25, 0.3) is 5.91 Å². The molecule has 0 fully saturated rings. The molecule has 0 unspecified atom stereocenters. The van der Waals surface area contributed by atoms with Crippen molar-refractivity contribution in [3.8, 4) is 0 Å². The van der Waals surface area contributed by atoms with Gasteiger partial charge in [0, 0.05) is 31.4 Å². The van der Waals surface area contributed by atoms with Crippen LogP contribution in [0.1, 0.15) is 21.5 Å². The van der Waals surface area contributed by atoms with Gasteiger partial charge < -0.3 is 15.5 Å². The molecule has 0 aliphatic rings. The highest BCUT2D eigenvalue weighted by atomic mass is 16.2. The van der Waals surface area contributed by atoms with Gasteiger partial charge in [-0.25, -0.2) is 4.79 Å². The summed E-state index contributed by atoms with van der Waals surface area (Å²) in [6.07, 6.45) is 1.62. The van der Waals surface area contributed by atoms with Crippen LogP contribution in [0.5, 0.6) is 0 Å². The van der Waals surface area contributed by atoms with Crippen molar-refractivity contribution in [2.75, 3.05) is 18.9 Å². The number of nitrogens with one attached hydrogen (secondary N) is 2. The Kier molecular flexibility index (Phi) is 6.34. The molecule has 130 valence electrons. The molecule has 25 heavy (non-hydrogen) atoms. The number of amides is 3. The molecule has 0 aromatic heterocycles. The molecule has 0 bridgehead atoms. The lowest BCUT2D eigenvalue weighted by Gasteiger charge is -2.19. The third-order valence-corrected chi connectivity index (χ3v) is 3.82. The summed E-state index contributed by atoms with van der Waals surface area (Å²) in [7, 11) is 1.75. The maximum atomic E-state index is 12.3. The summed E-state index contributed by atoms with van der Waals surface area (Å²) in [5, 5.41) is 5.54. The van der Waals surface area contributed by atoms with E-state index in [0.717, 1.165) is 11.1 Å². The van der Waals surface area contributed by atoms with Crippen molar-refractivity contribution in [1.82, 2.24) is 10.2 Å². The van der Waals surface area contributed by atoms with Crippen molar-refractivity contribution < 1.29 is 9.59 Å². The van der Waals surface area contributed by atoms with Gasteiger partial charge in [-0.05, 0) is 42.3 Å². The number of rotatable bonds is 6. The molecule has 2 aromatic rings. The fourth-order valence-corrected chi connectivity index (χ4v) is 2.31. The third-order valence-electron chi connectivity index (χ3n) is 3.82. The molecule has 0 spiro atoms. The summed E-state index contributed by atoms with van der Waals surface area (Å²) in [5.41, 5.74) is 3.43. The summed E-state index contributed by atoms with van der Waals surface area (Å²) in [4.78, 5) is 25.8. The van der Waals surface area contributed by atoms with Crippen LogP contribution in [0.25, 0.3) is 0 Å². The van der Waals surface area contributed by atoms with E-state index in [1.807, 2.05) is 31.2 Å². The molecule has 3 amide bonds. The van der Waals surface area contributed by atoms with Crippen molar-refractivity contribution in [1.29, 1.82) is 0 Å². The molecule has 0 saturated heterocycles. The van der Waals surface area contributed by atoms with E-state index in [1.54, 1.807) is 42.3 Å². The number of hydrogen-bond acceptors (Lipinski definition) is 2. The first kappa shape index (κ1) is 18.3. The molecular weight excluding hydrogens is 314 g/mol. The van der Waals surface area contributed by atoms with E-state index in [4.69, 9.17) is 0 Å². The van der Waals surface area contributed by atoms with Gasteiger partial charge in [-0.15, -0.1) is 6.58 Å². The van der Waals surface area contributed by atoms with Crippen molar-refractivity contribution in [3.05, 3.63) is 77.9 Å². The number of aryl methyl sites for hydroxylation is 1. The fourth-order valence-electron chi connectivity index (χ4n) is 2.31. The molecule has 0 heterocycles. The Morgan fingerprint density at radius 3 is 2.44 bits per heavy atom. The molecule has 2 rings (SSSR count). The predicted molar refractivity (Wildman–Crippen MR) is 101 cm³/mol. The van der Waals surface area contributed by atoms with Gasteiger partial charge in [-0.2, -0.15) is 0 Å². The second kappa shape index (κ2) is 8.68. The van der Waals surface area contributed by atoms with E-state index in [2.05, 4.69) is 17.2 Å². The van der Waals surface area contributed by atoms with E-state index < -0.39 is 0 Å². The fraction of sp³-hybridized carbons (Fsp3) is 0.200. The normalized spacial score (nSPS) is 10.0. The minimum atomic E-state index is -0.202. The van der Waals surface area contributed by atoms with E-state index in [9.17, 15) is 9.59 Å². The second-order valence-electron chi connectivity index (χ2n) is 5.79. The van der Waals surface area contributed by atoms with Crippen molar-refractivity contribution >= 4 is 17.6 Å². The van der Waals surface area contributed by atoms with E-state index in [0.29, 0.717) is 24.3 Å². The van der Waals surface area contributed by atoms with Gasteiger partial charge in [0.2, 0.25) is 0 Å². The first-order valence-electron chi connectivity index (χ1n) is 8.07. The summed E-state index contributed by atoms with van der Waals surface area (Å²) in [5.74, 6) is -0.172. The van der Waals surface area contributed by atoms with Gasteiger partial charge >= 0.3 is 6.03 Å². The Morgan fingerprint density at radius 2 is 1.80 bits per heavy atom. The van der Waals surface area contributed by atoms with Gasteiger partial charge in [-0.1, -0.05) is 30.3 Å². The monoisotopic (exact) mass is 337 g/mol. The second-order valence-corrected chi connectivity index (χ2v) is 5.79. The maximum absolute atomic E-state index is 12.3. The zero-order valence-electron chi connectivity index (χ0n) is 14.6. The smallest absolute Gasteiger partial charge is 0.321 e. The molecule has 5 heteroatoms. The zero-order chi connectivity index (χ0) is 18.2. The predicted octanol–water partition coefficient (Wildman–Crippen LogP) is 3.57. The number of carbonyl (C=O) groups excluding carboxylic acids is 2. The SMILES string of the molecule is C=CCNC(=O)c1ccc(NC(=O)N(C)Cc2ccccc2C)cc1. The number of benzene rings is 2. The summed E-state index contributed by atoms with van der Waals surface area (Å²) >= 11 is 0. The first-order valence-corrected chi connectivity index (χ1v) is 8.07. The Hall–Kier alpha value is -3.08. The Labute approximate surface area is 148 Å². The molecule has 2 N–H and O–H groups in total. The van der Waals surface area contributed by atoms with Gasteiger partial charge in [0.05, 0.1) is 0 Å². The lowest BCUT2D eigenvalue weighted by atomic mass is 10.1.